The highest BCUT2D eigenvalue weighted by Crippen LogP contribution is 2.08. The van der Waals surface area contributed by atoms with Crippen LogP contribution in [-0.2, 0) is 4.74 Å². The highest BCUT2D eigenvalue weighted by Gasteiger charge is 2.16. The molecule has 0 saturated heterocycles. The largest absolute Gasteiger partial charge is 0.443 e. The van der Waals surface area contributed by atoms with E-state index in [1.54, 1.807) is 20.8 Å². The van der Waals surface area contributed by atoms with Gasteiger partial charge in [-0.3, -0.25) is 9.36 Å². The van der Waals surface area contributed by atoms with Gasteiger partial charge in [0, 0.05) is 24.5 Å². The summed E-state index contributed by atoms with van der Waals surface area (Å²) in [6, 6.07) is 2.62. The van der Waals surface area contributed by atoms with Crippen LogP contribution in [0, 0.1) is 0 Å². The number of aromatic nitrogens is 1. The Bertz CT molecular complexity index is 367. The molecule has 0 atom stereocenters. The van der Waals surface area contributed by atoms with E-state index in [2.05, 4.69) is 0 Å². The maximum absolute atomic E-state index is 11.4. The normalized spacial score (nSPS) is 11.1. The van der Waals surface area contributed by atoms with Crippen molar-refractivity contribution in [2.75, 3.05) is 0 Å². The molecule has 0 unspecified atom stereocenters. The maximum atomic E-state index is 11.4. The number of carbonyl (C=O) groups excluding carboxylic acids is 1. The van der Waals surface area contributed by atoms with Gasteiger partial charge in [0.2, 0.25) is 0 Å². The van der Waals surface area contributed by atoms with Gasteiger partial charge in [0.05, 0.1) is 0 Å². The van der Waals surface area contributed by atoms with Gasteiger partial charge in [0.25, 0.3) is 0 Å². The molecule has 0 aliphatic heterocycles. The summed E-state index contributed by atoms with van der Waals surface area (Å²) in [6.07, 6.45) is 2.28. The summed E-state index contributed by atoms with van der Waals surface area (Å²) in [7, 11) is 0. The SMILES string of the molecule is CC(C)(C)OC(=O)n1ccc(=O)cc1. The Kier molecular flexibility index (Phi) is 2.74. The minimum atomic E-state index is -0.528. The molecule has 0 radical (unpaired) electrons. The Morgan fingerprint density at radius 2 is 1.79 bits per heavy atom. The Hall–Kier alpha value is -1.58. The molecule has 0 aliphatic rings. The quantitative estimate of drug-likeness (QED) is 0.632. The molecule has 0 N–H and O–H groups in total. The number of nitrogens with zero attached hydrogens (tertiary/aromatic N) is 1. The van der Waals surface area contributed by atoms with E-state index in [-0.39, 0.29) is 5.43 Å². The molecule has 1 aromatic heterocycles. The molecule has 1 rings (SSSR count). The molecule has 0 aromatic carbocycles. The standard InChI is InChI=1S/C10H13NO3/c1-10(2,3)14-9(13)11-6-4-8(12)5-7-11/h4-7H,1-3H3. The molecule has 0 fully saturated rings. The lowest BCUT2D eigenvalue weighted by molar-refractivity contribution is 0.0535. The molecular weight excluding hydrogens is 182 g/mol. The highest BCUT2D eigenvalue weighted by atomic mass is 16.6. The first-order chi connectivity index (χ1) is 6.38. The number of carbonyl (C=O) groups is 1. The summed E-state index contributed by atoms with van der Waals surface area (Å²) in [4.78, 5) is 22.2. The van der Waals surface area contributed by atoms with Crippen molar-refractivity contribution in [3.8, 4) is 0 Å². The van der Waals surface area contributed by atoms with Gasteiger partial charge in [-0.25, -0.2) is 4.79 Å². The molecule has 14 heavy (non-hydrogen) atoms. The van der Waals surface area contributed by atoms with Crippen LogP contribution >= 0.6 is 0 Å². The third-order valence-corrected chi connectivity index (χ3v) is 1.40. The zero-order valence-corrected chi connectivity index (χ0v) is 8.48. The number of rotatable bonds is 0. The first-order valence-electron chi connectivity index (χ1n) is 4.30. The lowest BCUT2D eigenvalue weighted by Gasteiger charge is -2.19. The molecule has 0 aliphatic carbocycles. The minimum Gasteiger partial charge on any atom is -0.443 e. The molecular formula is C10H13NO3. The van der Waals surface area contributed by atoms with Crippen LogP contribution in [0.5, 0.6) is 0 Å². The Balaban J connectivity index is 2.81. The number of pyridine rings is 1. The highest BCUT2D eigenvalue weighted by molar-refractivity contribution is 5.70. The molecule has 0 bridgehead atoms. The monoisotopic (exact) mass is 195 g/mol. The van der Waals surface area contributed by atoms with Crippen LogP contribution in [0.1, 0.15) is 20.8 Å². The van der Waals surface area contributed by atoms with Crippen molar-refractivity contribution in [2.45, 2.75) is 26.4 Å². The van der Waals surface area contributed by atoms with Gasteiger partial charge in [0.1, 0.15) is 5.60 Å². The molecule has 1 aromatic rings. The van der Waals surface area contributed by atoms with Gasteiger partial charge in [-0.1, -0.05) is 0 Å². The molecule has 4 nitrogen and oxygen atoms in total. The fraction of sp³-hybridized carbons (Fsp3) is 0.400. The summed E-state index contributed by atoms with van der Waals surface area (Å²) < 4.78 is 6.31. The van der Waals surface area contributed by atoms with Crippen molar-refractivity contribution >= 4 is 6.09 Å². The first-order valence-corrected chi connectivity index (χ1v) is 4.30. The van der Waals surface area contributed by atoms with Gasteiger partial charge in [-0.2, -0.15) is 0 Å². The van der Waals surface area contributed by atoms with E-state index in [0.717, 1.165) is 0 Å². The fourth-order valence-corrected chi connectivity index (χ4v) is 0.849. The van der Waals surface area contributed by atoms with Crippen LogP contribution in [0.15, 0.2) is 29.3 Å². The van der Waals surface area contributed by atoms with Crippen LogP contribution in [0.25, 0.3) is 0 Å². The molecule has 0 saturated carbocycles. The second-order valence-corrected chi connectivity index (χ2v) is 3.92. The van der Waals surface area contributed by atoms with E-state index in [1.165, 1.54) is 29.1 Å². The average molecular weight is 195 g/mol. The van der Waals surface area contributed by atoms with Crippen LogP contribution in [0.4, 0.5) is 4.79 Å². The lowest BCUT2D eigenvalue weighted by Crippen LogP contribution is -2.27. The van der Waals surface area contributed by atoms with E-state index >= 15 is 0 Å². The maximum Gasteiger partial charge on any atom is 0.418 e. The summed E-state index contributed by atoms with van der Waals surface area (Å²) in [5.74, 6) is 0. The Labute approximate surface area is 82.1 Å². The topological polar surface area (TPSA) is 48.3 Å². The van der Waals surface area contributed by atoms with Crippen molar-refractivity contribution < 1.29 is 9.53 Å². The van der Waals surface area contributed by atoms with Crippen molar-refractivity contribution in [2.24, 2.45) is 0 Å². The van der Waals surface area contributed by atoms with Crippen molar-refractivity contribution in [1.82, 2.24) is 4.57 Å². The van der Waals surface area contributed by atoms with Gasteiger partial charge in [-0.05, 0) is 20.8 Å². The smallest absolute Gasteiger partial charge is 0.418 e. The molecule has 76 valence electrons. The minimum absolute atomic E-state index is 0.134. The second-order valence-electron chi connectivity index (χ2n) is 3.92. The Morgan fingerprint density at radius 1 is 1.29 bits per heavy atom. The number of hydrogen-bond acceptors (Lipinski definition) is 3. The van der Waals surface area contributed by atoms with Crippen molar-refractivity contribution in [3.63, 3.8) is 0 Å². The summed E-state index contributed by atoms with van der Waals surface area (Å²) in [5.41, 5.74) is -0.662. The zero-order chi connectivity index (χ0) is 10.8. The fourth-order valence-electron chi connectivity index (χ4n) is 0.849. The molecule has 0 spiro atoms. The number of hydrogen-bond donors (Lipinski definition) is 0. The van der Waals surface area contributed by atoms with E-state index in [4.69, 9.17) is 4.74 Å². The van der Waals surface area contributed by atoms with Crippen LogP contribution < -0.4 is 5.43 Å². The van der Waals surface area contributed by atoms with Gasteiger partial charge in [-0.15, -0.1) is 0 Å². The zero-order valence-electron chi connectivity index (χ0n) is 8.48. The van der Waals surface area contributed by atoms with E-state index in [9.17, 15) is 9.59 Å². The van der Waals surface area contributed by atoms with E-state index < -0.39 is 11.7 Å². The summed E-state index contributed by atoms with van der Waals surface area (Å²) >= 11 is 0. The van der Waals surface area contributed by atoms with Gasteiger partial charge >= 0.3 is 6.09 Å². The third-order valence-electron chi connectivity index (χ3n) is 1.40. The van der Waals surface area contributed by atoms with E-state index in [0.29, 0.717) is 0 Å². The van der Waals surface area contributed by atoms with Gasteiger partial charge < -0.3 is 4.74 Å². The van der Waals surface area contributed by atoms with E-state index in [1.807, 2.05) is 0 Å². The predicted octanol–water partition coefficient (Wildman–Crippen LogP) is 1.63. The first kappa shape index (κ1) is 10.5. The summed E-state index contributed by atoms with van der Waals surface area (Å²) in [6.45, 7) is 5.36. The van der Waals surface area contributed by atoms with Crippen LogP contribution in [-0.4, -0.2) is 16.3 Å². The van der Waals surface area contributed by atoms with Gasteiger partial charge in [0.15, 0.2) is 5.43 Å². The molecule has 4 heteroatoms. The van der Waals surface area contributed by atoms with Crippen LogP contribution in [0.3, 0.4) is 0 Å². The third kappa shape index (κ3) is 3.05. The lowest BCUT2D eigenvalue weighted by atomic mass is 10.2. The second kappa shape index (κ2) is 3.65. The number of ether oxygens (including phenoxy) is 1. The average Bonchev–Trinajstić information content (AvgIpc) is 2.02. The molecule has 1 heterocycles. The summed E-state index contributed by atoms with van der Waals surface area (Å²) in [5, 5.41) is 0. The predicted molar refractivity (Wildman–Crippen MR) is 52.3 cm³/mol. The van der Waals surface area contributed by atoms with Crippen molar-refractivity contribution in [3.05, 3.63) is 34.7 Å². The molecule has 0 amide bonds. The van der Waals surface area contributed by atoms with Crippen LogP contribution in [0.2, 0.25) is 0 Å². The van der Waals surface area contributed by atoms with Crippen molar-refractivity contribution in [1.29, 1.82) is 0 Å². The Morgan fingerprint density at radius 3 is 2.21 bits per heavy atom.